The number of hydrogen-bond donors (Lipinski definition) is 0. The first-order valence-corrected chi connectivity index (χ1v) is 9.94. The smallest absolute Gasteiger partial charge is 0.343 e. The van der Waals surface area contributed by atoms with Crippen molar-refractivity contribution < 1.29 is 27.1 Å². The molecule has 0 bridgehead atoms. The lowest BCUT2D eigenvalue weighted by atomic mass is 10.0. The van der Waals surface area contributed by atoms with E-state index in [-0.39, 0.29) is 50.5 Å². The van der Waals surface area contributed by atoms with Gasteiger partial charge in [-0.3, -0.25) is 4.79 Å². The normalized spacial score (nSPS) is 16.5. The molecule has 0 radical (unpaired) electrons. The Morgan fingerprint density at radius 2 is 1.96 bits per heavy atom. The first-order chi connectivity index (χ1) is 12.1. The molecule has 1 aliphatic carbocycles. The number of Topliss-reactive ketones (excluding diaryl/α,β-unsaturated/α-hetero) is 1. The summed E-state index contributed by atoms with van der Waals surface area (Å²) < 4.78 is 42.7. The summed E-state index contributed by atoms with van der Waals surface area (Å²) in [6.45, 7) is 1.72. The molecule has 1 unspecified atom stereocenters. The molecule has 8 heteroatoms. The van der Waals surface area contributed by atoms with Crippen molar-refractivity contribution >= 4 is 33.2 Å². The molecular weight excluding hydrogens is 383 g/mol. The van der Waals surface area contributed by atoms with Crippen LogP contribution in [0.25, 0.3) is 0 Å². The van der Waals surface area contributed by atoms with Gasteiger partial charge in [0.2, 0.25) is 0 Å². The molecule has 3 rings (SSSR count). The Bertz CT molecular complexity index is 1050. The zero-order valence-electron chi connectivity index (χ0n) is 13.9. The number of ketones is 1. The maximum absolute atomic E-state index is 14.0. The fourth-order valence-electron chi connectivity index (χ4n) is 2.98. The lowest BCUT2D eigenvalue weighted by Gasteiger charge is -2.11. The Balaban J connectivity index is 2.00. The van der Waals surface area contributed by atoms with E-state index in [1.54, 1.807) is 6.92 Å². The number of benzene rings is 2. The molecule has 0 aliphatic heterocycles. The molecule has 1 aliphatic rings. The van der Waals surface area contributed by atoms with Crippen molar-refractivity contribution in [3.05, 3.63) is 57.9 Å². The van der Waals surface area contributed by atoms with Gasteiger partial charge < -0.3 is 4.74 Å². The number of carbonyl (C=O) groups is 2. The Morgan fingerprint density at radius 1 is 1.27 bits per heavy atom. The van der Waals surface area contributed by atoms with Gasteiger partial charge in [-0.15, -0.1) is 0 Å². The van der Waals surface area contributed by atoms with Crippen LogP contribution in [0.4, 0.5) is 4.39 Å². The van der Waals surface area contributed by atoms with E-state index in [9.17, 15) is 22.4 Å². The molecule has 2 aromatic rings. The van der Waals surface area contributed by atoms with E-state index in [1.807, 2.05) is 0 Å². The minimum Gasteiger partial charge on any atom is -0.422 e. The lowest BCUT2D eigenvalue weighted by molar-refractivity contribution is 0.0732. The van der Waals surface area contributed by atoms with Crippen molar-refractivity contribution in [2.45, 2.75) is 24.2 Å². The number of fused-ring (bicyclic) bond motifs is 1. The monoisotopic (exact) mass is 396 g/mol. The van der Waals surface area contributed by atoms with Crippen LogP contribution in [0.3, 0.4) is 0 Å². The predicted molar refractivity (Wildman–Crippen MR) is 93.3 cm³/mol. The molecule has 0 amide bonds. The van der Waals surface area contributed by atoms with E-state index in [4.69, 9.17) is 16.3 Å². The second kappa shape index (κ2) is 6.48. The molecule has 1 atom stereocenters. The number of ether oxygens (including phenoxy) is 1. The van der Waals surface area contributed by atoms with E-state index in [1.165, 1.54) is 18.2 Å². The zero-order chi connectivity index (χ0) is 19.2. The minimum absolute atomic E-state index is 0.0178. The van der Waals surface area contributed by atoms with E-state index < -0.39 is 21.6 Å². The standard InChI is InChI=1S/C18H14ClFO5S/c1-9-7-13(21)17-14(6-5-12(20)16(9)17)25-18(22)10-3-4-11(19)15(8-10)26(2,23)24/h3-6,8-9H,7H2,1-2H3. The van der Waals surface area contributed by atoms with Gasteiger partial charge in [-0.05, 0) is 36.2 Å². The third-order valence-corrected chi connectivity index (χ3v) is 5.76. The molecule has 0 spiro atoms. The molecule has 26 heavy (non-hydrogen) atoms. The van der Waals surface area contributed by atoms with Crippen molar-refractivity contribution in [3.63, 3.8) is 0 Å². The molecular formula is C18H14ClFO5S. The second-order valence-corrected chi connectivity index (χ2v) is 8.56. The molecule has 0 saturated carbocycles. The summed E-state index contributed by atoms with van der Waals surface area (Å²) in [5.41, 5.74) is 0.239. The topological polar surface area (TPSA) is 77.5 Å². The van der Waals surface area contributed by atoms with Gasteiger partial charge in [0.25, 0.3) is 0 Å². The van der Waals surface area contributed by atoms with Crippen LogP contribution in [0.15, 0.2) is 35.2 Å². The van der Waals surface area contributed by atoms with Crippen LogP contribution in [-0.4, -0.2) is 26.4 Å². The van der Waals surface area contributed by atoms with Crippen molar-refractivity contribution in [2.24, 2.45) is 0 Å². The number of rotatable bonds is 3. The van der Waals surface area contributed by atoms with E-state index >= 15 is 0 Å². The molecule has 136 valence electrons. The fraction of sp³-hybridized carbons (Fsp3) is 0.222. The fourth-order valence-corrected chi connectivity index (χ4v) is 4.29. The average Bonchev–Trinajstić information content (AvgIpc) is 2.85. The van der Waals surface area contributed by atoms with Gasteiger partial charge in [0.15, 0.2) is 15.6 Å². The molecule has 0 heterocycles. The first-order valence-electron chi connectivity index (χ1n) is 7.67. The van der Waals surface area contributed by atoms with Gasteiger partial charge in [-0.1, -0.05) is 18.5 Å². The van der Waals surface area contributed by atoms with Gasteiger partial charge in [0.05, 0.1) is 21.0 Å². The largest absolute Gasteiger partial charge is 0.422 e. The summed E-state index contributed by atoms with van der Waals surface area (Å²) in [6.07, 6.45) is 1.11. The minimum atomic E-state index is -3.64. The van der Waals surface area contributed by atoms with Crippen LogP contribution in [0.2, 0.25) is 5.02 Å². The molecule has 5 nitrogen and oxygen atoms in total. The van der Waals surface area contributed by atoms with E-state index in [0.29, 0.717) is 0 Å². The summed E-state index contributed by atoms with van der Waals surface area (Å²) in [5, 5.41) is -0.0178. The lowest BCUT2D eigenvalue weighted by Crippen LogP contribution is -2.12. The Labute approximate surface area is 154 Å². The van der Waals surface area contributed by atoms with Gasteiger partial charge in [-0.2, -0.15) is 0 Å². The highest BCUT2D eigenvalue weighted by Crippen LogP contribution is 2.40. The number of sulfone groups is 1. The van der Waals surface area contributed by atoms with E-state index in [2.05, 4.69) is 0 Å². The van der Waals surface area contributed by atoms with Crippen molar-refractivity contribution in [2.75, 3.05) is 6.26 Å². The predicted octanol–water partition coefficient (Wildman–Crippen LogP) is 3.79. The maximum Gasteiger partial charge on any atom is 0.343 e. The molecule has 2 aromatic carbocycles. The summed E-state index contributed by atoms with van der Waals surface area (Å²) in [7, 11) is -3.64. The van der Waals surface area contributed by atoms with Crippen LogP contribution < -0.4 is 4.74 Å². The Kier molecular flexibility index (Phi) is 4.62. The van der Waals surface area contributed by atoms with Crippen LogP contribution in [-0.2, 0) is 9.84 Å². The van der Waals surface area contributed by atoms with Crippen LogP contribution in [0.1, 0.15) is 45.5 Å². The molecule has 0 N–H and O–H groups in total. The number of esters is 1. The molecule has 0 aromatic heterocycles. The van der Waals surface area contributed by atoms with Gasteiger partial charge in [0.1, 0.15) is 11.6 Å². The quantitative estimate of drug-likeness (QED) is 0.582. The Hall–Kier alpha value is -2.25. The van der Waals surface area contributed by atoms with Crippen molar-refractivity contribution in [1.82, 2.24) is 0 Å². The first kappa shape index (κ1) is 18.5. The van der Waals surface area contributed by atoms with Crippen molar-refractivity contribution in [1.29, 1.82) is 0 Å². The number of carbonyl (C=O) groups excluding carboxylic acids is 2. The Morgan fingerprint density at radius 3 is 2.62 bits per heavy atom. The van der Waals surface area contributed by atoms with E-state index in [0.717, 1.165) is 18.4 Å². The number of halogens is 2. The van der Waals surface area contributed by atoms with Gasteiger partial charge in [-0.25, -0.2) is 17.6 Å². The summed E-state index contributed by atoms with van der Waals surface area (Å²) in [5.74, 6) is -2.04. The summed E-state index contributed by atoms with van der Waals surface area (Å²) >= 11 is 5.86. The highest BCUT2D eigenvalue weighted by atomic mass is 35.5. The number of hydrogen-bond acceptors (Lipinski definition) is 5. The zero-order valence-corrected chi connectivity index (χ0v) is 15.4. The van der Waals surface area contributed by atoms with Crippen LogP contribution in [0, 0.1) is 5.82 Å². The van der Waals surface area contributed by atoms with Gasteiger partial charge in [0, 0.05) is 18.2 Å². The van der Waals surface area contributed by atoms with Crippen LogP contribution in [0.5, 0.6) is 5.75 Å². The SMILES string of the molecule is CC1CC(=O)c2c(OC(=O)c3ccc(Cl)c(S(C)(=O)=O)c3)ccc(F)c21. The maximum atomic E-state index is 14.0. The third-order valence-electron chi connectivity index (χ3n) is 4.19. The third kappa shape index (κ3) is 3.24. The van der Waals surface area contributed by atoms with Crippen molar-refractivity contribution in [3.8, 4) is 5.75 Å². The average molecular weight is 397 g/mol. The van der Waals surface area contributed by atoms with Gasteiger partial charge >= 0.3 is 5.97 Å². The second-order valence-electron chi connectivity index (χ2n) is 6.17. The van der Waals surface area contributed by atoms with Crippen LogP contribution >= 0.6 is 11.6 Å². The highest BCUT2D eigenvalue weighted by Gasteiger charge is 2.33. The summed E-state index contributed by atoms with van der Waals surface area (Å²) in [4.78, 5) is 24.3. The molecule has 0 fully saturated rings. The highest BCUT2D eigenvalue weighted by molar-refractivity contribution is 7.90. The summed E-state index contributed by atoms with van der Waals surface area (Å²) in [6, 6.07) is 6.05. The molecule has 0 saturated heterocycles.